The number of piperidine rings is 1. The van der Waals surface area contributed by atoms with Gasteiger partial charge in [0.25, 0.3) is 5.91 Å². The van der Waals surface area contributed by atoms with Crippen LogP contribution < -0.4 is 16.0 Å². The third kappa shape index (κ3) is 4.02. The Bertz CT molecular complexity index is 1310. The van der Waals surface area contributed by atoms with E-state index in [-0.39, 0.29) is 24.8 Å². The van der Waals surface area contributed by atoms with Crippen LogP contribution >= 0.6 is 0 Å². The van der Waals surface area contributed by atoms with Crippen LogP contribution in [0.3, 0.4) is 0 Å². The fourth-order valence-corrected chi connectivity index (χ4v) is 4.19. The minimum atomic E-state index is -0.652. The van der Waals surface area contributed by atoms with Crippen LogP contribution in [0.5, 0.6) is 0 Å². The Morgan fingerprint density at radius 1 is 1.21 bits per heavy atom. The molecule has 1 saturated heterocycles. The van der Waals surface area contributed by atoms with Gasteiger partial charge >= 0.3 is 6.03 Å². The number of rotatable bonds is 4. The van der Waals surface area contributed by atoms with E-state index in [1.54, 1.807) is 31.2 Å². The third-order valence-electron chi connectivity index (χ3n) is 5.80. The highest BCUT2D eigenvalue weighted by Crippen LogP contribution is 2.28. The number of fused-ring (bicyclic) bond motifs is 2. The molecule has 1 unspecified atom stereocenters. The summed E-state index contributed by atoms with van der Waals surface area (Å²) in [6, 6.07) is 9.55. The molecule has 2 aliphatic rings. The topological polar surface area (TPSA) is 134 Å². The van der Waals surface area contributed by atoms with E-state index in [2.05, 4.69) is 20.9 Å². The molecule has 0 radical (unpaired) electrons. The molecule has 33 heavy (non-hydrogen) atoms. The number of carbonyl (C=O) groups is 4. The predicted octanol–water partition coefficient (Wildman–Crippen LogP) is 2.22. The van der Waals surface area contributed by atoms with E-state index < -0.39 is 18.0 Å². The Morgan fingerprint density at radius 3 is 2.88 bits per heavy atom. The summed E-state index contributed by atoms with van der Waals surface area (Å²) < 4.78 is 5.48. The molecule has 168 valence electrons. The Balaban J connectivity index is 1.22. The molecule has 0 saturated carbocycles. The zero-order valence-corrected chi connectivity index (χ0v) is 17.8. The van der Waals surface area contributed by atoms with Gasteiger partial charge in [-0.3, -0.25) is 19.7 Å². The average molecular weight is 447 g/mol. The zero-order chi connectivity index (χ0) is 23.1. The number of aryl methyl sites for hydroxylation is 1. The molecule has 3 aromatic rings. The molecule has 2 aromatic carbocycles. The van der Waals surface area contributed by atoms with Crippen LogP contribution in [0.2, 0.25) is 0 Å². The van der Waals surface area contributed by atoms with Crippen molar-refractivity contribution < 1.29 is 23.6 Å². The minimum Gasteiger partial charge on any atom is -0.441 e. The van der Waals surface area contributed by atoms with Gasteiger partial charge in [-0.2, -0.15) is 0 Å². The quantitative estimate of drug-likeness (QED) is 0.525. The van der Waals surface area contributed by atoms with Gasteiger partial charge in [0.05, 0.1) is 0 Å². The lowest BCUT2D eigenvalue weighted by molar-refractivity contribution is -0.136. The first kappa shape index (κ1) is 20.7. The van der Waals surface area contributed by atoms with Crippen molar-refractivity contribution in [3.05, 3.63) is 59.0 Å². The molecule has 10 nitrogen and oxygen atoms in total. The number of benzene rings is 2. The smallest absolute Gasteiger partial charge is 0.319 e. The van der Waals surface area contributed by atoms with Crippen molar-refractivity contribution >= 4 is 40.5 Å². The lowest BCUT2D eigenvalue weighted by atomic mass is 10.0. The lowest BCUT2D eigenvalue weighted by Crippen LogP contribution is -2.52. The van der Waals surface area contributed by atoms with E-state index in [1.807, 2.05) is 12.1 Å². The summed E-state index contributed by atoms with van der Waals surface area (Å²) in [5.74, 6) is -0.456. The fraction of sp³-hybridized carbons (Fsp3) is 0.261. The first-order valence-electron chi connectivity index (χ1n) is 10.6. The van der Waals surface area contributed by atoms with Gasteiger partial charge in [-0.15, -0.1) is 0 Å². The zero-order valence-electron chi connectivity index (χ0n) is 17.8. The summed E-state index contributed by atoms with van der Waals surface area (Å²) in [6.07, 6.45) is 0.530. The van der Waals surface area contributed by atoms with Crippen molar-refractivity contribution in [1.82, 2.24) is 20.5 Å². The molecule has 0 spiro atoms. The molecule has 3 heterocycles. The maximum atomic E-state index is 12.9. The van der Waals surface area contributed by atoms with Crippen molar-refractivity contribution in [2.75, 3.05) is 5.32 Å². The maximum absolute atomic E-state index is 12.9. The molecule has 0 aliphatic carbocycles. The normalized spacial score (nSPS) is 17.8. The van der Waals surface area contributed by atoms with E-state index in [0.717, 1.165) is 11.1 Å². The number of amides is 5. The number of hydrogen-bond acceptors (Lipinski definition) is 6. The molecule has 0 bridgehead atoms. The van der Waals surface area contributed by atoms with Gasteiger partial charge in [0.1, 0.15) is 11.6 Å². The van der Waals surface area contributed by atoms with Gasteiger partial charge in [-0.05, 0) is 35.7 Å². The highest BCUT2D eigenvalue weighted by Gasteiger charge is 2.39. The lowest BCUT2D eigenvalue weighted by Gasteiger charge is -2.29. The second-order valence-corrected chi connectivity index (χ2v) is 8.11. The first-order chi connectivity index (χ1) is 15.9. The molecule has 3 N–H and O–H groups in total. The SMILES string of the molecule is Cc1nc2ccc(NC(=O)NCc3ccc4c(c3)C(=O)N(C3CCC(=O)NC3=O)C4)cc2o1. The number of imide groups is 1. The number of carbonyl (C=O) groups excluding carboxylic acids is 4. The largest absolute Gasteiger partial charge is 0.441 e. The van der Waals surface area contributed by atoms with Crippen molar-refractivity contribution in [2.45, 2.75) is 38.9 Å². The van der Waals surface area contributed by atoms with E-state index in [0.29, 0.717) is 41.2 Å². The number of hydrogen-bond donors (Lipinski definition) is 3. The van der Waals surface area contributed by atoms with Gasteiger partial charge in [0, 0.05) is 43.8 Å². The number of nitrogens with one attached hydrogen (secondary N) is 3. The number of aromatic nitrogens is 1. The molecule has 1 atom stereocenters. The van der Waals surface area contributed by atoms with Crippen LogP contribution in [0.15, 0.2) is 40.8 Å². The number of oxazole rings is 1. The molecule has 2 aliphatic heterocycles. The summed E-state index contributed by atoms with van der Waals surface area (Å²) in [7, 11) is 0. The standard InChI is InChI=1S/C23H21N5O5/c1-12-25-17-5-4-15(9-19(17)33-12)26-23(32)24-10-13-2-3-14-11-28(22(31)16(14)8-13)18-6-7-20(29)27-21(18)30/h2-5,8-9,18H,6-7,10-11H2,1H3,(H2,24,26,32)(H,27,29,30). The summed E-state index contributed by atoms with van der Waals surface area (Å²) in [6.45, 7) is 2.29. The predicted molar refractivity (Wildman–Crippen MR) is 117 cm³/mol. The van der Waals surface area contributed by atoms with Crippen LogP contribution in [0.4, 0.5) is 10.5 Å². The molecule has 5 rings (SSSR count). The second kappa shape index (κ2) is 8.05. The van der Waals surface area contributed by atoms with Crippen molar-refractivity contribution in [3.63, 3.8) is 0 Å². The second-order valence-electron chi connectivity index (χ2n) is 8.11. The summed E-state index contributed by atoms with van der Waals surface area (Å²) in [4.78, 5) is 54.5. The van der Waals surface area contributed by atoms with Gasteiger partial charge in [0.15, 0.2) is 11.5 Å². The number of anilines is 1. The van der Waals surface area contributed by atoms with Crippen LogP contribution in [0, 0.1) is 6.92 Å². The summed E-state index contributed by atoms with van der Waals surface area (Å²) >= 11 is 0. The van der Waals surface area contributed by atoms with Crippen LogP contribution in [0.25, 0.3) is 11.1 Å². The van der Waals surface area contributed by atoms with E-state index in [1.165, 1.54) is 4.90 Å². The van der Waals surface area contributed by atoms with Gasteiger partial charge in [-0.25, -0.2) is 9.78 Å². The van der Waals surface area contributed by atoms with E-state index in [9.17, 15) is 19.2 Å². The first-order valence-corrected chi connectivity index (χ1v) is 10.6. The number of nitrogens with zero attached hydrogens (tertiary/aromatic N) is 2. The van der Waals surface area contributed by atoms with Gasteiger partial charge < -0.3 is 20.0 Å². The molecule has 10 heteroatoms. The Morgan fingerprint density at radius 2 is 2.06 bits per heavy atom. The van der Waals surface area contributed by atoms with Crippen molar-refractivity contribution in [2.24, 2.45) is 0 Å². The molecule has 1 fully saturated rings. The Kier molecular flexibility index (Phi) is 5.04. The third-order valence-corrected chi connectivity index (χ3v) is 5.80. The van der Waals surface area contributed by atoms with E-state index >= 15 is 0 Å². The minimum absolute atomic E-state index is 0.212. The molecule has 5 amide bonds. The highest BCUT2D eigenvalue weighted by atomic mass is 16.3. The maximum Gasteiger partial charge on any atom is 0.319 e. The summed E-state index contributed by atoms with van der Waals surface area (Å²) in [5.41, 5.74) is 3.94. The molecular weight excluding hydrogens is 426 g/mol. The summed E-state index contributed by atoms with van der Waals surface area (Å²) in [5, 5.41) is 7.81. The Labute approximate surface area is 188 Å². The van der Waals surface area contributed by atoms with Crippen molar-refractivity contribution in [3.8, 4) is 0 Å². The van der Waals surface area contributed by atoms with Gasteiger partial charge in [-0.1, -0.05) is 12.1 Å². The average Bonchev–Trinajstić information content (AvgIpc) is 3.31. The van der Waals surface area contributed by atoms with Gasteiger partial charge in [0.2, 0.25) is 11.8 Å². The van der Waals surface area contributed by atoms with Crippen LogP contribution in [0.1, 0.15) is 40.2 Å². The molecule has 1 aromatic heterocycles. The number of urea groups is 1. The highest BCUT2D eigenvalue weighted by molar-refractivity contribution is 6.05. The fourth-order valence-electron chi connectivity index (χ4n) is 4.19. The Hall–Kier alpha value is -4.21. The van der Waals surface area contributed by atoms with E-state index in [4.69, 9.17) is 4.42 Å². The van der Waals surface area contributed by atoms with Crippen LogP contribution in [-0.2, 0) is 22.7 Å². The van der Waals surface area contributed by atoms with Crippen molar-refractivity contribution in [1.29, 1.82) is 0 Å². The monoisotopic (exact) mass is 447 g/mol. The molecular formula is C23H21N5O5. The van der Waals surface area contributed by atoms with Crippen LogP contribution in [-0.4, -0.2) is 39.7 Å².